The van der Waals surface area contributed by atoms with Crippen LogP contribution in [0.1, 0.15) is 30.2 Å². The number of nitrogens with zero attached hydrogens (tertiary/aromatic N) is 1. The van der Waals surface area contributed by atoms with Crippen LogP contribution >= 0.6 is 0 Å². The lowest BCUT2D eigenvalue weighted by Gasteiger charge is -2.13. The van der Waals surface area contributed by atoms with Gasteiger partial charge in [0.1, 0.15) is 5.76 Å². The number of benzene rings is 2. The minimum Gasteiger partial charge on any atom is -0.445 e. The first-order valence-electron chi connectivity index (χ1n) is 6.86. The first kappa shape index (κ1) is 12.9. The Bertz CT molecular complexity index is 718. The predicted molar refractivity (Wildman–Crippen MR) is 80.4 cm³/mol. The number of hydrogen-bond acceptors (Lipinski definition) is 3. The van der Waals surface area contributed by atoms with E-state index >= 15 is 0 Å². The van der Waals surface area contributed by atoms with Crippen molar-refractivity contribution in [2.75, 3.05) is 0 Å². The van der Waals surface area contributed by atoms with Crippen molar-refractivity contribution in [2.24, 2.45) is 0 Å². The SMILES string of the molecule is Cc1cnc(CNC(C)c2ccc3ccccc3c2)o1. The Balaban J connectivity index is 1.73. The van der Waals surface area contributed by atoms with E-state index in [9.17, 15) is 0 Å². The number of aryl methyl sites for hydroxylation is 1. The lowest BCUT2D eigenvalue weighted by molar-refractivity contribution is 0.432. The van der Waals surface area contributed by atoms with Crippen LogP contribution in [0, 0.1) is 6.92 Å². The van der Waals surface area contributed by atoms with E-state index in [-0.39, 0.29) is 6.04 Å². The second kappa shape index (κ2) is 5.47. The quantitative estimate of drug-likeness (QED) is 0.776. The number of oxazole rings is 1. The van der Waals surface area contributed by atoms with Crippen LogP contribution in [0.5, 0.6) is 0 Å². The Morgan fingerprint density at radius 2 is 1.95 bits per heavy atom. The van der Waals surface area contributed by atoms with Crippen LogP contribution in [-0.2, 0) is 6.54 Å². The first-order chi connectivity index (χ1) is 9.72. The van der Waals surface area contributed by atoms with Crippen LogP contribution < -0.4 is 5.32 Å². The fourth-order valence-corrected chi connectivity index (χ4v) is 2.32. The zero-order valence-electron chi connectivity index (χ0n) is 11.8. The summed E-state index contributed by atoms with van der Waals surface area (Å²) < 4.78 is 5.47. The van der Waals surface area contributed by atoms with Crippen LogP contribution in [0.15, 0.2) is 53.1 Å². The molecule has 0 radical (unpaired) electrons. The van der Waals surface area contributed by atoms with E-state index in [1.54, 1.807) is 6.20 Å². The van der Waals surface area contributed by atoms with Crippen molar-refractivity contribution in [3.05, 3.63) is 65.9 Å². The zero-order chi connectivity index (χ0) is 13.9. The van der Waals surface area contributed by atoms with Gasteiger partial charge in [0.05, 0.1) is 12.7 Å². The Hall–Kier alpha value is -2.13. The van der Waals surface area contributed by atoms with Crippen molar-refractivity contribution in [3.8, 4) is 0 Å². The third-order valence-corrected chi connectivity index (χ3v) is 3.50. The highest BCUT2D eigenvalue weighted by Crippen LogP contribution is 2.20. The fraction of sp³-hybridized carbons (Fsp3) is 0.235. The molecule has 3 rings (SSSR count). The van der Waals surface area contributed by atoms with Crippen LogP contribution in [0.2, 0.25) is 0 Å². The first-order valence-corrected chi connectivity index (χ1v) is 6.86. The van der Waals surface area contributed by atoms with Gasteiger partial charge in [0, 0.05) is 6.04 Å². The van der Waals surface area contributed by atoms with Crippen molar-refractivity contribution in [1.82, 2.24) is 10.3 Å². The molecule has 0 saturated heterocycles. The summed E-state index contributed by atoms with van der Waals surface area (Å²) in [6.45, 7) is 4.70. The summed E-state index contributed by atoms with van der Waals surface area (Å²) in [4.78, 5) is 4.20. The number of rotatable bonds is 4. The molecule has 1 atom stereocenters. The molecule has 102 valence electrons. The largest absolute Gasteiger partial charge is 0.445 e. The normalized spacial score (nSPS) is 12.7. The fourth-order valence-electron chi connectivity index (χ4n) is 2.32. The molecule has 0 amide bonds. The van der Waals surface area contributed by atoms with E-state index in [0.717, 1.165) is 11.7 Å². The van der Waals surface area contributed by atoms with Gasteiger partial charge in [-0.2, -0.15) is 0 Å². The van der Waals surface area contributed by atoms with Gasteiger partial charge >= 0.3 is 0 Å². The van der Waals surface area contributed by atoms with Gasteiger partial charge in [0.15, 0.2) is 0 Å². The molecule has 2 aromatic carbocycles. The van der Waals surface area contributed by atoms with E-state index < -0.39 is 0 Å². The summed E-state index contributed by atoms with van der Waals surface area (Å²) in [5.74, 6) is 1.58. The van der Waals surface area contributed by atoms with E-state index in [1.165, 1.54) is 16.3 Å². The minimum absolute atomic E-state index is 0.256. The van der Waals surface area contributed by atoms with Gasteiger partial charge in [-0.15, -0.1) is 0 Å². The Morgan fingerprint density at radius 3 is 2.70 bits per heavy atom. The molecule has 3 nitrogen and oxygen atoms in total. The highest BCUT2D eigenvalue weighted by molar-refractivity contribution is 5.83. The van der Waals surface area contributed by atoms with Gasteiger partial charge in [0.25, 0.3) is 0 Å². The standard InChI is InChI=1S/C17H18N2O/c1-12-10-19-17(20-12)11-18-13(2)15-8-7-14-5-3-4-6-16(14)9-15/h3-10,13,18H,11H2,1-2H3. The van der Waals surface area contributed by atoms with E-state index in [2.05, 4.69) is 59.7 Å². The van der Waals surface area contributed by atoms with E-state index in [0.29, 0.717) is 6.54 Å². The van der Waals surface area contributed by atoms with Gasteiger partial charge in [0.2, 0.25) is 5.89 Å². The lowest BCUT2D eigenvalue weighted by atomic mass is 10.0. The average Bonchev–Trinajstić information content (AvgIpc) is 2.90. The van der Waals surface area contributed by atoms with Crippen molar-refractivity contribution >= 4 is 10.8 Å². The molecule has 1 N–H and O–H groups in total. The molecule has 3 aromatic rings. The summed E-state index contributed by atoms with van der Waals surface area (Å²) in [5.41, 5.74) is 1.27. The number of nitrogens with one attached hydrogen (secondary N) is 1. The molecule has 3 heteroatoms. The van der Waals surface area contributed by atoms with Gasteiger partial charge in [-0.3, -0.25) is 0 Å². The maximum atomic E-state index is 5.47. The maximum Gasteiger partial charge on any atom is 0.208 e. The van der Waals surface area contributed by atoms with Crippen molar-refractivity contribution < 1.29 is 4.42 Å². The van der Waals surface area contributed by atoms with Gasteiger partial charge < -0.3 is 9.73 Å². The summed E-state index contributed by atoms with van der Waals surface area (Å²) in [7, 11) is 0. The highest BCUT2D eigenvalue weighted by Gasteiger charge is 2.07. The average molecular weight is 266 g/mol. The molecule has 1 aromatic heterocycles. The van der Waals surface area contributed by atoms with E-state index in [4.69, 9.17) is 4.42 Å². The molecule has 0 fully saturated rings. The number of hydrogen-bond donors (Lipinski definition) is 1. The smallest absolute Gasteiger partial charge is 0.208 e. The van der Waals surface area contributed by atoms with Crippen molar-refractivity contribution in [2.45, 2.75) is 26.4 Å². The molecule has 0 bridgehead atoms. The van der Waals surface area contributed by atoms with E-state index in [1.807, 2.05) is 6.92 Å². The summed E-state index contributed by atoms with van der Waals surface area (Å²) in [6, 6.07) is 15.2. The molecule has 0 aliphatic rings. The summed E-state index contributed by atoms with van der Waals surface area (Å²) in [6.07, 6.45) is 1.75. The second-order valence-electron chi connectivity index (χ2n) is 5.07. The third kappa shape index (κ3) is 2.73. The molecule has 0 aliphatic carbocycles. The summed E-state index contributed by atoms with van der Waals surface area (Å²) >= 11 is 0. The second-order valence-corrected chi connectivity index (χ2v) is 5.07. The molecule has 0 aliphatic heterocycles. The molecule has 1 unspecified atom stereocenters. The Morgan fingerprint density at radius 1 is 1.15 bits per heavy atom. The molecular formula is C17H18N2O. The van der Waals surface area contributed by atoms with Gasteiger partial charge in [-0.25, -0.2) is 4.98 Å². The van der Waals surface area contributed by atoms with Gasteiger partial charge in [-0.1, -0.05) is 36.4 Å². The van der Waals surface area contributed by atoms with Crippen LogP contribution in [0.4, 0.5) is 0 Å². The van der Waals surface area contributed by atoms with Crippen molar-refractivity contribution in [3.63, 3.8) is 0 Å². The monoisotopic (exact) mass is 266 g/mol. The van der Waals surface area contributed by atoms with Gasteiger partial charge in [-0.05, 0) is 36.2 Å². The van der Waals surface area contributed by atoms with Crippen LogP contribution in [0.3, 0.4) is 0 Å². The highest BCUT2D eigenvalue weighted by atomic mass is 16.4. The molecule has 20 heavy (non-hydrogen) atoms. The number of fused-ring (bicyclic) bond motifs is 1. The van der Waals surface area contributed by atoms with Crippen LogP contribution in [0.25, 0.3) is 10.8 Å². The third-order valence-electron chi connectivity index (χ3n) is 3.50. The molecule has 0 saturated carbocycles. The maximum absolute atomic E-state index is 5.47. The number of aromatic nitrogens is 1. The zero-order valence-corrected chi connectivity index (χ0v) is 11.8. The van der Waals surface area contributed by atoms with Crippen molar-refractivity contribution in [1.29, 1.82) is 0 Å². The minimum atomic E-state index is 0.256. The molecule has 0 spiro atoms. The topological polar surface area (TPSA) is 38.1 Å². The Kier molecular flexibility index (Phi) is 3.52. The lowest BCUT2D eigenvalue weighted by Crippen LogP contribution is -2.18. The predicted octanol–water partition coefficient (Wildman–Crippen LogP) is 3.99. The molecule has 1 heterocycles. The summed E-state index contributed by atoms with van der Waals surface area (Å²) in [5, 5.41) is 5.98. The molecular weight excluding hydrogens is 248 g/mol. The van der Waals surface area contributed by atoms with Crippen LogP contribution in [-0.4, -0.2) is 4.98 Å². The Labute approximate surface area is 118 Å².